The van der Waals surface area contributed by atoms with Gasteiger partial charge in [-0.1, -0.05) is 47.5 Å². The molecule has 1 heteroatoms. The van der Waals surface area contributed by atoms with Gasteiger partial charge in [0, 0.05) is 12.1 Å². The molecular weight excluding hydrogens is 194 g/mol. The highest BCUT2D eigenvalue weighted by atomic mass is 15.2. The van der Waals surface area contributed by atoms with Crippen molar-refractivity contribution in [2.24, 2.45) is 5.41 Å². The molecule has 0 bridgehead atoms. The van der Waals surface area contributed by atoms with Gasteiger partial charge in [-0.2, -0.15) is 0 Å². The molecule has 0 saturated carbocycles. The van der Waals surface area contributed by atoms with E-state index in [9.17, 15) is 0 Å². The van der Waals surface area contributed by atoms with Crippen LogP contribution < -0.4 is 0 Å². The van der Waals surface area contributed by atoms with E-state index in [2.05, 4.69) is 39.5 Å². The van der Waals surface area contributed by atoms with Gasteiger partial charge in [0.15, 0.2) is 0 Å². The van der Waals surface area contributed by atoms with Crippen LogP contribution in [0.4, 0.5) is 0 Å². The Morgan fingerprint density at radius 2 is 1.94 bits per heavy atom. The van der Waals surface area contributed by atoms with Gasteiger partial charge in [0.25, 0.3) is 0 Å². The van der Waals surface area contributed by atoms with Crippen molar-refractivity contribution in [3.63, 3.8) is 0 Å². The van der Waals surface area contributed by atoms with Crippen molar-refractivity contribution in [2.75, 3.05) is 6.54 Å². The highest BCUT2D eigenvalue weighted by Crippen LogP contribution is 2.35. The highest BCUT2D eigenvalue weighted by molar-refractivity contribution is 4.91. The first-order valence-corrected chi connectivity index (χ1v) is 7.26. The summed E-state index contributed by atoms with van der Waals surface area (Å²) in [5, 5.41) is 0. The van der Waals surface area contributed by atoms with Crippen LogP contribution in [-0.2, 0) is 0 Å². The minimum absolute atomic E-state index is 0.454. The molecule has 1 fully saturated rings. The summed E-state index contributed by atoms with van der Waals surface area (Å²) in [6, 6.07) is 1.65. The van der Waals surface area contributed by atoms with Crippen molar-refractivity contribution in [3.05, 3.63) is 0 Å². The Kier molecular flexibility index (Phi) is 5.30. The van der Waals surface area contributed by atoms with Gasteiger partial charge in [0.1, 0.15) is 0 Å². The average molecular weight is 225 g/mol. The zero-order chi connectivity index (χ0) is 12.2. The first kappa shape index (κ1) is 14.0. The first-order chi connectivity index (χ1) is 7.50. The van der Waals surface area contributed by atoms with Crippen LogP contribution in [0.15, 0.2) is 0 Å². The Labute approximate surface area is 103 Å². The largest absolute Gasteiger partial charge is 0.297 e. The fraction of sp³-hybridized carbons (Fsp3) is 1.00. The summed E-state index contributed by atoms with van der Waals surface area (Å²) >= 11 is 0. The van der Waals surface area contributed by atoms with Crippen LogP contribution in [0.5, 0.6) is 0 Å². The Morgan fingerprint density at radius 3 is 2.44 bits per heavy atom. The van der Waals surface area contributed by atoms with Crippen molar-refractivity contribution in [1.82, 2.24) is 4.90 Å². The number of hydrogen-bond acceptors (Lipinski definition) is 1. The van der Waals surface area contributed by atoms with Crippen molar-refractivity contribution in [2.45, 2.75) is 85.2 Å². The lowest BCUT2D eigenvalue weighted by molar-refractivity contribution is 0.0885. The first-order valence-electron chi connectivity index (χ1n) is 7.26. The van der Waals surface area contributed by atoms with Gasteiger partial charge in [-0.3, -0.25) is 4.90 Å². The molecule has 0 aliphatic carbocycles. The van der Waals surface area contributed by atoms with Gasteiger partial charge in [-0.05, 0) is 37.6 Å². The lowest BCUT2D eigenvalue weighted by Gasteiger charge is -2.40. The molecule has 96 valence electrons. The molecule has 0 aromatic heterocycles. The quantitative estimate of drug-likeness (QED) is 0.667. The van der Waals surface area contributed by atoms with Gasteiger partial charge in [-0.25, -0.2) is 0 Å². The minimum Gasteiger partial charge on any atom is -0.297 e. The van der Waals surface area contributed by atoms with E-state index in [4.69, 9.17) is 0 Å². The molecule has 16 heavy (non-hydrogen) atoms. The van der Waals surface area contributed by atoms with Crippen LogP contribution in [0.25, 0.3) is 0 Å². The summed E-state index contributed by atoms with van der Waals surface area (Å²) in [5.41, 5.74) is 0.454. The summed E-state index contributed by atoms with van der Waals surface area (Å²) in [4.78, 5) is 2.82. The van der Waals surface area contributed by atoms with E-state index < -0.39 is 0 Å². The second-order valence-corrected chi connectivity index (χ2v) is 6.47. The monoisotopic (exact) mass is 225 g/mol. The van der Waals surface area contributed by atoms with E-state index >= 15 is 0 Å². The molecule has 0 radical (unpaired) electrons. The summed E-state index contributed by atoms with van der Waals surface area (Å²) in [6.07, 6.45) is 8.28. The lowest BCUT2D eigenvalue weighted by Crippen LogP contribution is -2.45. The Balaban J connectivity index is 2.61. The Morgan fingerprint density at radius 1 is 1.25 bits per heavy atom. The standard InChI is InChI=1S/C15H31N/c1-6-8-10-13(7-2)16-12-9-11-14(16)15(3,4)5/h13-14H,6-12H2,1-5H3. The third-order valence-corrected chi connectivity index (χ3v) is 4.13. The maximum Gasteiger partial charge on any atom is 0.0147 e. The van der Waals surface area contributed by atoms with E-state index in [1.807, 2.05) is 0 Å². The van der Waals surface area contributed by atoms with E-state index in [0.29, 0.717) is 5.41 Å². The van der Waals surface area contributed by atoms with Crippen molar-refractivity contribution < 1.29 is 0 Å². The van der Waals surface area contributed by atoms with Gasteiger partial charge in [0.2, 0.25) is 0 Å². The molecule has 1 aliphatic heterocycles. The van der Waals surface area contributed by atoms with Gasteiger partial charge in [0.05, 0.1) is 0 Å². The number of hydrogen-bond donors (Lipinski definition) is 0. The molecule has 0 spiro atoms. The normalized spacial score (nSPS) is 24.9. The molecule has 1 aliphatic rings. The number of rotatable bonds is 5. The van der Waals surface area contributed by atoms with Gasteiger partial charge < -0.3 is 0 Å². The van der Waals surface area contributed by atoms with Crippen molar-refractivity contribution >= 4 is 0 Å². The summed E-state index contributed by atoms with van der Waals surface area (Å²) in [5.74, 6) is 0. The predicted octanol–water partition coefficient (Wildman–Crippen LogP) is 4.47. The lowest BCUT2D eigenvalue weighted by atomic mass is 9.84. The SMILES string of the molecule is CCCCC(CC)N1CCCC1C(C)(C)C. The Hall–Kier alpha value is -0.0400. The molecule has 0 aromatic carbocycles. The molecule has 2 atom stereocenters. The molecule has 1 nitrogen and oxygen atoms in total. The average Bonchev–Trinajstić information content (AvgIpc) is 2.67. The number of likely N-dealkylation sites (tertiary alicyclic amines) is 1. The van der Waals surface area contributed by atoms with Crippen LogP contribution in [-0.4, -0.2) is 23.5 Å². The van der Waals surface area contributed by atoms with Crippen LogP contribution in [0.2, 0.25) is 0 Å². The molecule has 0 aromatic rings. The predicted molar refractivity (Wildman–Crippen MR) is 72.8 cm³/mol. The molecule has 1 saturated heterocycles. The topological polar surface area (TPSA) is 3.24 Å². The zero-order valence-electron chi connectivity index (χ0n) is 12.1. The highest BCUT2D eigenvalue weighted by Gasteiger charge is 2.36. The number of unbranched alkanes of at least 4 members (excludes halogenated alkanes) is 1. The maximum atomic E-state index is 2.82. The molecular formula is C15H31N. The molecule has 1 heterocycles. The van der Waals surface area contributed by atoms with Crippen LogP contribution in [0.3, 0.4) is 0 Å². The summed E-state index contributed by atoms with van der Waals surface area (Å²) in [6.45, 7) is 13.2. The zero-order valence-corrected chi connectivity index (χ0v) is 12.1. The van der Waals surface area contributed by atoms with Crippen molar-refractivity contribution in [3.8, 4) is 0 Å². The fourth-order valence-electron chi connectivity index (χ4n) is 3.20. The van der Waals surface area contributed by atoms with Gasteiger partial charge >= 0.3 is 0 Å². The summed E-state index contributed by atoms with van der Waals surface area (Å²) < 4.78 is 0. The Bertz CT molecular complexity index is 192. The summed E-state index contributed by atoms with van der Waals surface area (Å²) in [7, 11) is 0. The van der Waals surface area contributed by atoms with E-state index in [0.717, 1.165) is 12.1 Å². The molecule has 0 amide bonds. The third-order valence-electron chi connectivity index (χ3n) is 4.13. The second kappa shape index (κ2) is 6.05. The van der Waals surface area contributed by atoms with Gasteiger partial charge in [-0.15, -0.1) is 0 Å². The van der Waals surface area contributed by atoms with Crippen molar-refractivity contribution in [1.29, 1.82) is 0 Å². The van der Waals surface area contributed by atoms with Crippen LogP contribution >= 0.6 is 0 Å². The third kappa shape index (κ3) is 3.48. The second-order valence-electron chi connectivity index (χ2n) is 6.47. The van der Waals surface area contributed by atoms with Crippen LogP contribution in [0.1, 0.15) is 73.1 Å². The smallest absolute Gasteiger partial charge is 0.0147 e. The van der Waals surface area contributed by atoms with Crippen LogP contribution in [0, 0.1) is 5.41 Å². The fourth-order valence-corrected chi connectivity index (χ4v) is 3.20. The molecule has 2 unspecified atom stereocenters. The number of nitrogens with zero attached hydrogens (tertiary/aromatic N) is 1. The molecule has 1 rings (SSSR count). The maximum absolute atomic E-state index is 2.82. The van der Waals surface area contributed by atoms with E-state index in [-0.39, 0.29) is 0 Å². The van der Waals surface area contributed by atoms with E-state index in [1.165, 1.54) is 45.1 Å². The van der Waals surface area contributed by atoms with E-state index in [1.54, 1.807) is 0 Å². The minimum atomic E-state index is 0.454. The molecule has 0 N–H and O–H groups in total.